The van der Waals surface area contributed by atoms with Crippen LogP contribution in [0.1, 0.15) is 12.8 Å². The van der Waals surface area contributed by atoms with Gasteiger partial charge >= 0.3 is 0 Å². The molecule has 58 valence electrons. The molecule has 0 radical (unpaired) electrons. The number of likely N-dealkylation sites (tertiary alicyclic amines) is 1. The van der Waals surface area contributed by atoms with Crippen LogP contribution in [-0.4, -0.2) is 41.4 Å². The molecule has 0 amide bonds. The largest absolute Gasteiger partial charge is 0.393 e. The molecule has 2 nitrogen and oxygen atoms in total. The van der Waals surface area contributed by atoms with E-state index >= 15 is 0 Å². The molecule has 2 rings (SSSR count). The predicted octanol–water partition coefficient (Wildman–Crippen LogP) is 0.163. The summed E-state index contributed by atoms with van der Waals surface area (Å²) in [7, 11) is 0. The normalized spacial score (nSPS) is 42.6. The van der Waals surface area contributed by atoms with E-state index in [1.54, 1.807) is 0 Å². The second-order valence-electron chi connectivity index (χ2n) is 3.33. The smallest absolute Gasteiger partial charge is 0.125 e. The molecule has 0 atom stereocenters. The number of halogens is 1. The van der Waals surface area contributed by atoms with E-state index in [4.69, 9.17) is 5.11 Å². The van der Waals surface area contributed by atoms with Crippen LogP contribution in [0.3, 0.4) is 0 Å². The minimum Gasteiger partial charge on any atom is -0.393 e. The molecule has 0 bridgehead atoms. The van der Waals surface area contributed by atoms with Crippen molar-refractivity contribution in [3.05, 3.63) is 0 Å². The van der Waals surface area contributed by atoms with E-state index in [9.17, 15) is 4.39 Å². The van der Waals surface area contributed by atoms with Crippen LogP contribution in [0.4, 0.5) is 4.39 Å². The van der Waals surface area contributed by atoms with E-state index in [1.807, 2.05) is 0 Å². The molecule has 1 aliphatic carbocycles. The molecule has 3 heteroatoms. The van der Waals surface area contributed by atoms with E-state index in [0.29, 0.717) is 19.1 Å². The maximum absolute atomic E-state index is 12.3. The molecule has 1 N–H and O–H groups in total. The number of aliphatic hydroxyl groups excluding tert-OH is 1. The molecule has 1 saturated carbocycles. The number of hydrogen-bond acceptors (Lipinski definition) is 2. The Balaban J connectivity index is 1.72. The SMILES string of the molecule is O[C@H]1C[C@@H](N2CC(F)C2)C1. The Morgan fingerprint density at radius 1 is 1.30 bits per heavy atom. The van der Waals surface area contributed by atoms with Gasteiger partial charge in [0, 0.05) is 19.1 Å². The van der Waals surface area contributed by atoms with Gasteiger partial charge in [-0.2, -0.15) is 0 Å². The van der Waals surface area contributed by atoms with Gasteiger partial charge in [0.1, 0.15) is 6.17 Å². The lowest BCUT2D eigenvalue weighted by Gasteiger charge is -2.46. The van der Waals surface area contributed by atoms with Crippen molar-refractivity contribution in [2.45, 2.75) is 31.2 Å². The highest BCUT2D eigenvalue weighted by atomic mass is 19.1. The summed E-state index contributed by atoms with van der Waals surface area (Å²) in [4.78, 5) is 2.11. The van der Waals surface area contributed by atoms with E-state index in [-0.39, 0.29) is 6.10 Å². The van der Waals surface area contributed by atoms with Gasteiger partial charge < -0.3 is 5.11 Å². The third-order valence-electron chi connectivity index (χ3n) is 2.47. The van der Waals surface area contributed by atoms with Crippen LogP contribution in [0.2, 0.25) is 0 Å². The number of rotatable bonds is 1. The maximum atomic E-state index is 12.3. The molecule has 1 heterocycles. The van der Waals surface area contributed by atoms with Crippen LogP contribution in [0.25, 0.3) is 0 Å². The third-order valence-corrected chi connectivity index (χ3v) is 2.47. The summed E-state index contributed by atoms with van der Waals surface area (Å²) < 4.78 is 12.3. The van der Waals surface area contributed by atoms with E-state index < -0.39 is 6.17 Å². The first-order valence-electron chi connectivity index (χ1n) is 3.82. The Labute approximate surface area is 59.6 Å². The Hall–Kier alpha value is -0.150. The molecule has 2 aliphatic rings. The molecule has 0 aromatic heterocycles. The number of hydrogen-bond donors (Lipinski definition) is 1. The van der Waals surface area contributed by atoms with Crippen molar-refractivity contribution in [2.75, 3.05) is 13.1 Å². The topological polar surface area (TPSA) is 23.5 Å². The van der Waals surface area contributed by atoms with E-state index in [2.05, 4.69) is 4.90 Å². The Morgan fingerprint density at radius 2 is 1.90 bits per heavy atom. The lowest BCUT2D eigenvalue weighted by Crippen LogP contribution is -2.58. The fraction of sp³-hybridized carbons (Fsp3) is 1.00. The first kappa shape index (κ1) is 6.55. The summed E-state index contributed by atoms with van der Waals surface area (Å²) >= 11 is 0. The second kappa shape index (κ2) is 2.17. The van der Waals surface area contributed by atoms with Crippen LogP contribution >= 0.6 is 0 Å². The quantitative estimate of drug-likeness (QED) is 0.568. The second-order valence-corrected chi connectivity index (χ2v) is 3.33. The summed E-state index contributed by atoms with van der Waals surface area (Å²) in [5.41, 5.74) is 0. The molecule has 1 aliphatic heterocycles. The molecule has 0 aromatic rings. The fourth-order valence-corrected chi connectivity index (χ4v) is 1.61. The zero-order chi connectivity index (χ0) is 7.14. The summed E-state index contributed by atoms with van der Waals surface area (Å²) in [5.74, 6) is 0. The van der Waals surface area contributed by atoms with Gasteiger partial charge in [0.25, 0.3) is 0 Å². The monoisotopic (exact) mass is 145 g/mol. The van der Waals surface area contributed by atoms with Crippen molar-refractivity contribution in [1.82, 2.24) is 4.90 Å². The van der Waals surface area contributed by atoms with Crippen LogP contribution in [0.5, 0.6) is 0 Å². The minimum absolute atomic E-state index is 0.108. The minimum atomic E-state index is -0.599. The van der Waals surface area contributed by atoms with Crippen LogP contribution in [-0.2, 0) is 0 Å². The van der Waals surface area contributed by atoms with Crippen molar-refractivity contribution in [1.29, 1.82) is 0 Å². The van der Waals surface area contributed by atoms with Gasteiger partial charge in [0.15, 0.2) is 0 Å². The number of alkyl halides is 1. The molecule has 1 saturated heterocycles. The Kier molecular flexibility index (Phi) is 1.42. The Bertz CT molecular complexity index is 114. The van der Waals surface area contributed by atoms with Crippen molar-refractivity contribution in [3.8, 4) is 0 Å². The first-order valence-corrected chi connectivity index (χ1v) is 3.82. The van der Waals surface area contributed by atoms with Crippen LogP contribution in [0.15, 0.2) is 0 Å². The van der Waals surface area contributed by atoms with Gasteiger partial charge in [-0.15, -0.1) is 0 Å². The average molecular weight is 145 g/mol. The van der Waals surface area contributed by atoms with Gasteiger partial charge in [0.05, 0.1) is 6.10 Å². The summed E-state index contributed by atoms with van der Waals surface area (Å²) in [6, 6.07) is 0.488. The van der Waals surface area contributed by atoms with Gasteiger partial charge in [-0.25, -0.2) is 4.39 Å². The first-order chi connectivity index (χ1) is 4.75. The molecule has 0 spiro atoms. The molecule has 2 fully saturated rings. The van der Waals surface area contributed by atoms with Gasteiger partial charge in [-0.1, -0.05) is 0 Å². The van der Waals surface area contributed by atoms with Crippen LogP contribution < -0.4 is 0 Å². The lowest BCUT2D eigenvalue weighted by atomic mass is 9.86. The number of aliphatic hydroxyl groups is 1. The molecule has 0 aromatic carbocycles. The van der Waals surface area contributed by atoms with Crippen molar-refractivity contribution in [3.63, 3.8) is 0 Å². The van der Waals surface area contributed by atoms with Crippen LogP contribution in [0, 0.1) is 0 Å². The predicted molar refractivity (Wildman–Crippen MR) is 35.5 cm³/mol. The third kappa shape index (κ3) is 0.935. The molecule has 10 heavy (non-hydrogen) atoms. The van der Waals surface area contributed by atoms with Crippen molar-refractivity contribution in [2.24, 2.45) is 0 Å². The lowest BCUT2D eigenvalue weighted by molar-refractivity contribution is -0.0551. The number of nitrogens with zero attached hydrogens (tertiary/aromatic N) is 1. The highest BCUT2D eigenvalue weighted by Gasteiger charge is 2.38. The molecular weight excluding hydrogens is 133 g/mol. The average Bonchev–Trinajstić information content (AvgIpc) is 1.74. The summed E-state index contributed by atoms with van der Waals surface area (Å²) in [6.45, 7) is 1.19. The molecular formula is C7H12FNO. The molecule has 0 unspecified atom stereocenters. The van der Waals surface area contributed by atoms with Crippen molar-refractivity contribution < 1.29 is 9.50 Å². The van der Waals surface area contributed by atoms with E-state index in [0.717, 1.165) is 12.8 Å². The summed E-state index contributed by atoms with van der Waals surface area (Å²) in [5, 5.41) is 8.93. The summed E-state index contributed by atoms with van der Waals surface area (Å²) in [6.07, 6.45) is 1.00. The van der Waals surface area contributed by atoms with Crippen molar-refractivity contribution >= 4 is 0 Å². The van der Waals surface area contributed by atoms with Gasteiger partial charge in [0.2, 0.25) is 0 Å². The fourth-order valence-electron chi connectivity index (χ4n) is 1.61. The van der Waals surface area contributed by atoms with Gasteiger partial charge in [-0.3, -0.25) is 4.90 Å². The van der Waals surface area contributed by atoms with E-state index in [1.165, 1.54) is 0 Å². The highest BCUT2D eigenvalue weighted by molar-refractivity contribution is 4.93. The zero-order valence-corrected chi connectivity index (χ0v) is 5.83. The Morgan fingerprint density at radius 3 is 2.30 bits per heavy atom. The highest BCUT2D eigenvalue weighted by Crippen LogP contribution is 2.29. The standard InChI is InChI=1S/C7H12FNO/c8-5-3-9(4-5)6-1-7(10)2-6/h5-7,10H,1-4H2/t6-,7+. The maximum Gasteiger partial charge on any atom is 0.125 e. The van der Waals surface area contributed by atoms with Gasteiger partial charge in [-0.05, 0) is 12.8 Å². The zero-order valence-electron chi connectivity index (χ0n) is 5.83.